The van der Waals surface area contributed by atoms with Gasteiger partial charge in [0.2, 0.25) is 0 Å². The Morgan fingerprint density at radius 2 is 1.89 bits per heavy atom. The Kier molecular flexibility index (Phi) is 6.30. The Balaban J connectivity index is 1.14. The van der Waals surface area contributed by atoms with E-state index in [0.29, 0.717) is 6.54 Å². The third-order valence-electron chi connectivity index (χ3n) is 7.19. The first-order valence-electron chi connectivity index (χ1n) is 12.3. The van der Waals surface area contributed by atoms with Crippen molar-refractivity contribution >= 4 is 16.7 Å². The number of carboxylic acids is 1. The molecular weight excluding hydrogens is 442 g/mol. The summed E-state index contributed by atoms with van der Waals surface area (Å²) in [6.07, 6.45) is -0.370. The van der Waals surface area contributed by atoms with Crippen LogP contribution < -0.4 is 10.1 Å². The number of rotatable bonds is 10. The van der Waals surface area contributed by atoms with Crippen LogP contribution in [-0.4, -0.2) is 47.1 Å². The van der Waals surface area contributed by atoms with E-state index in [1.807, 2.05) is 31.2 Å². The van der Waals surface area contributed by atoms with Crippen LogP contribution in [0.15, 0.2) is 60.7 Å². The van der Waals surface area contributed by atoms with Gasteiger partial charge in [-0.2, -0.15) is 0 Å². The van der Waals surface area contributed by atoms with Crippen LogP contribution in [0.4, 0.5) is 0 Å². The molecule has 3 aromatic carbocycles. The lowest BCUT2D eigenvalue weighted by molar-refractivity contribution is -0.139. The summed E-state index contributed by atoms with van der Waals surface area (Å²) in [7, 11) is 0. The van der Waals surface area contributed by atoms with E-state index in [2.05, 4.69) is 55.6 Å². The highest BCUT2D eigenvalue weighted by Gasteiger charge is 2.63. The van der Waals surface area contributed by atoms with Crippen molar-refractivity contribution in [3.63, 3.8) is 0 Å². The molecular formula is C29H33NO5. The minimum Gasteiger partial charge on any atom is -0.489 e. The van der Waals surface area contributed by atoms with E-state index >= 15 is 0 Å². The molecule has 1 aliphatic heterocycles. The van der Waals surface area contributed by atoms with Crippen molar-refractivity contribution < 1.29 is 24.5 Å². The number of benzene rings is 3. The van der Waals surface area contributed by atoms with Crippen molar-refractivity contribution in [2.45, 2.75) is 57.0 Å². The van der Waals surface area contributed by atoms with Crippen molar-refractivity contribution in [1.82, 2.24) is 5.32 Å². The van der Waals surface area contributed by atoms with E-state index in [1.165, 1.54) is 16.3 Å². The second kappa shape index (κ2) is 9.26. The Morgan fingerprint density at radius 1 is 1.11 bits per heavy atom. The number of carbonyl (C=O) groups is 1. The van der Waals surface area contributed by atoms with Crippen LogP contribution in [-0.2, 0) is 16.0 Å². The molecule has 0 radical (unpaired) electrons. The number of aliphatic hydroxyl groups is 1. The molecule has 35 heavy (non-hydrogen) atoms. The lowest BCUT2D eigenvalue weighted by Crippen LogP contribution is -2.46. The number of nitrogens with one attached hydrogen (secondary N) is 1. The average Bonchev–Trinajstić information content (AvgIpc) is 3.42. The second-order valence-corrected chi connectivity index (χ2v) is 10.5. The molecule has 2 aliphatic rings. The summed E-state index contributed by atoms with van der Waals surface area (Å²) in [5.41, 5.74) is 2.94. The van der Waals surface area contributed by atoms with Crippen LogP contribution in [0.5, 0.6) is 5.75 Å². The predicted molar refractivity (Wildman–Crippen MR) is 135 cm³/mol. The Bertz CT molecular complexity index is 1240. The van der Waals surface area contributed by atoms with Gasteiger partial charge in [0.1, 0.15) is 17.8 Å². The first-order valence-corrected chi connectivity index (χ1v) is 12.3. The summed E-state index contributed by atoms with van der Waals surface area (Å²) < 4.78 is 11.8. The second-order valence-electron chi connectivity index (χ2n) is 10.5. The lowest BCUT2D eigenvalue weighted by Gasteiger charge is -2.28. The van der Waals surface area contributed by atoms with Gasteiger partial charge in [0, 0.05) is 23.6 Å². The van der Waals surface area contributed by atoms with Gasteiger partial charge in [-0.1, -0.05) is 54.6 Å². The summed E-state index contributed by atoms with van der Waals surface area (Å²) in [5.74, 6) is -0.646. The first kappa shape index (κ1) is 23.8. The summed E-state index contributed by atoms with van der Waals surface area (Å²) in [6, 6.07) is 20.6. The van der Waals surface area contributed by atoms with Gasteiger partial charge < -0.3 is 25.0 Å². The molecule has 6 heteroatoms. The van der Waals surface area contributed by atoms with Crippen LogP contribution in [0.1, 0.15) is 49.5 Å². The van der Waals surface area contributed by atoms with E-state index in [-0.39, 0.29) is 30.3 Å². The largest absolute Gasteiger partial charge is 0.489 e. The number of hydrogen-bond donors (Lipinski definition) is 3. The van der Waals surface area contributed by atoms with Gasteiger partial charge in [-0.3, -0.25) is 4.79 Å². The number of hydrogen-bond acceptors (Lipinski definition) is 5. The van der Waals surface area contributed by atoms with E-state index in [1.54, 1.807) is 0 Å². The fourth-order valence-corrected chi connectivity index (χ4v) is 5.31. The molecule has 0 amide bonds. The summed E-state index contributed by atoms with van der Waals surface area (Å²) in [4.78, 5) is 11.5. The van der Waals surface area contributed by atoms with Gasteiger partial charge in [0.05, 0.1) is 18.8 Å². The molecule has 0 saturated heterocycles. The maximum Gasteiger partial charge on any atom is 0.311 e. The van der Waals surface area contributed by atoms with Gasteiger partial charge in [0.25, 0.3) is 0 Å². The van der Waals surface area contributed by atoms with E-state index in [0.717, 1.165) is 23.3 Å². The van der Waals surface area contributed by atoms with Crippen molar-refractivity contribution in [3.05, 3.63) is 77.4 Å². The van der Waals surface area contributed by atoms with E-state index < -0.39 is 18.0 Å². The Morgan fingerprint density at radius 3 is 2.66 bits per heavy atom. The van der Waals surface area contributed by atoms with Crippen molar-refractivity contribution in [1.29, 1.82) is 0 Å². The average molecular weight is 476 g/mol. The zero-order valence-electron chi connectivity index (χ0n) is 20.4. The molecule has 1 unspecified atom stereocenters. The molecule has 1 heterocycles. The molecule has 1 aliphatic carbocycles. The van der Waals surface area contributed by atoms with Crippen molar-refractivity contribution in [2.24, 2.45) is 5.92 Å². The normalized spacial score (nSPS) is 22.2. The molecule has 3 aromatic rings. The van der Waals surface area contributed by atoms with Gasteiger partial charge in [-0.15, -0.1) is 0 Å². The highest BCUT2D eigenvalue weighted by molar-refractivity contribution is 5.83. The Hall–Kier alpha value is -2.93. The van der Waals surface area contributed by atoms with Gasteiger partial charge in [0.15, 0.2) is 0 Å². The lowest BCUT2D eigenvalue weighted by atomic mass is 9.93. The SMILES string of the molecule is C[C@@H](OCC(O)CNC(C)(C)Cc1ccc2ccccc2c1)c1cccc2c1[C@H]1[C@@H](O2)[C@@H]1C(=O)O. The van der Waals surface area contributed by atoms with Crippen molar-refractivity contribution in [2.75, 3.05) is 13.2 Å². The van der Waals surface area contributed by atoms with Crippen LogP contribution in [0.3, 0.4) is 0 Å². The third kappa shape index (κ3) is 4.92. The summed E-state index contributed by atoms with van der Waals surface area (Å²) >= 11 is 0. The third-order valence-corrected chi connectivity index (χ3v) is 7.19. The molecule has 1 fully saturated rings. The number of aliphatic carboxylic acids is 1. The predicted octanol–water partition coefficient (Wildman–Crippen LogP) is 4.45. The molecule has 3 N–H and O–H groups in total. The smallest absolute Gasteiger partial charge is 0.311 e. The Labute approximate surface area is 205 Å². The number of fused-ring (bicyclic) bond motifs is 4. The number of ether oxygens (including phenoxy) is 2. The monoisotopic (exact) mass is 475 g/mol. The molecule has 0 spiro atoms. The molecule has 0 bridgehead atoms. The van der Waals surface area contributed by atoms with Crippen LogP contribution in [0, 0.1) is 5.92 Å². The molecule has 184 valence electrons. The molecule has 1 saturated carbocycles. The quantitative estimate of drug-likeness (QED) is 0.402. The molecule has 5 atom stereocenters. The minimum absolute atomic E-state index is 0.104. The fraction of sp³-hybridized carbons (Fsp3) is 0.414. The van der Waals surface area contributed by atoms with Gasteiger partial charge >= 0.3 is 5.97 Å². The highest BCUT2D eigenvalue weighted by Crippen LogP contribution is 2.60. The maximum absolute atomic E-state index is 11.5. The zero-order valence-corrected chi connectivity index (χ0v) is 20.4. The highest BCUT2D eigenvalue weighted by atomic mass is 16.5. The van der Waals surface area contributed by atoms with E-state index in [9.17, 15) is 15.0 Å². The molecule has 5 rings (SSSR count). The number of aliphatic hydroxyl groups excluding tert-OH is 1. The maximum atomic E-state index is 11.5. The topological polar surface area (TPSA) is 88.0 Å². The standard InChI is InChI=1S/C29H33NO5/c1-17(22-9-6-10-23-24(22)25-26(28(32)33)27(25)35-23)34-16-21(31)15-30-29(2,3)14-18-11-12-19-7-4-5-8-20(19)13-18/h4-13,17,21,25-27,30-31H,14-16H2,1-3H3,(H,32,33)/t17-,21?,25-,26-,27-/m1/s1. The summed E-state index contributed by atoms with van der Waals surface area (Å²) in [5, 5.41) is 25.9. The van der Waals surface area contributed by atoms with E-state index in [4.69, 9.17) is 9.47 Å². The first-order chi connectivity index (χ1) is 16.7. The minimum atomic E-state index is -0.818. The van der Waals surface area contributed by atoms with Crippen molar-refractivity contribution in [3.8, 4) is 5.75 Å². The van der Waals surface area contributed by atoms with Gasteiger partial charge in [-0.05, 0) is 55.2 Å². The number of carboxylic acid groups (broad SMARTS) is 1. The molecule has 0 aromatic heterocycles. The molecule has 6 nitrogen and oxygen atoms in total. The van der Waals surface area contributed by atoms with Crippen LogP contribution >= 0.6 is 0 Å². The van der Waals surface area contributed by atoms with Crippen LogP contribution in [0.25, 0.3) is 10.8 Å². The summed E-state index contributed by atoms with van der Waals surface area (Å²) in [6.45, 7) is 6.80. The van der Waals surface area contributed by atoms with Crippen LogP contribution in [0.2, 0.25) is 0 Å². The van der Waals surface area contributed by atoms with Gasteiger partial charge in [-0.25, -0.2) is 0 Å². The number of β-amino-alcohol motifs (C(OH)–C–C–N with tert-alkyl or cyclic N) is 1. The zero-order chi connectivity index (χ0) is 24.7. The fourth-order valence-electron chi connectivity index (χ4n) is 5.31.